The number of Topliss-reactive ketones (excluding diaryl/α,β-unsaturated/α-hetero) is 1. The van der Waals surface area contributed by atoms with Gasteiger partial charge >= 0.3 is 0 Å². The van der Waals surface area contributed by atoms with Crippen LogP contribution >= 0.6 is 0 Å². The molecule has 52 heavy (non-hydrogen) atoms. The van der Waals surface area contributed by atoms with Crippen LogP contribution in [0.3, 0.4) is 0 Å². The molecular formula is C49H10O3. The fraction of sp³-hybridized carbons (Fsp3) is 0.0204. The number of carbonyl (C=O) groups excluding carboxylic acids is 1. The average molecular weight is 647 g/mol. The van der Waals surface area contributed by atoms with Crippen molar-refractivity contribution < 1.29 is 9.21 Å². The molecule has 0 saturated carbocycles. The molecule has 0 fully saturated rings. The van der Waals surface area contributed by atoms with Gasteiger partial charge in [0.05, 0.1) is 5.39 Å². The van der Waals surface area contributed by atoms with Crippen LogP contribution < -0.4 is 5.43 Å². The van der Waals surface area contributed by atoms with Crippen LogP contribution in [0.1, 0.15) is 17.5 Å². The Hall–Kier alpha value is -10.3. The minimum Gasteiger partial charge on any atom is -0.453 e. The van der Waals surface area contributed by atoms with E-state index in [0.717, 1.165) is 0 Å². The van der Waals surface area contributed by atoms with E-state index in [1.54, 1.807) is 24.3 Å². The van der Waals surface area contributed by atoms with Crippen molar-refractivity contribution in [3.05, 3.63) is 46.3 Å². The molecule has 0 aliphatic carbocycles. The zero-order valence-electron chi connectivity index (χ0n) is 26.8. The summed E-state index contributed by atoms with van der Waals surface area (Å²) in [5.41, 5.74) is 0.266. The summed E-state index contributed by atoms with van der Waals surface area (Å²) >= 11 is 0. The molecule has 0 aliphatic heterocycles. The van der Waals surface area contributed by atoms with E-state index in [0.29, 0.717) is 11.0 Å². The van der Waals surface area contributed by atoms with Gasteiger partial charge in [-0.05, 0) is 107 Å². The zero-order valence-corrected chi connectivity index (χ0v) is 26.8. The Kier molecular flexibility index (Phi) is 22.5. The molecule has 0 saturated heterocycles. The Labute approximate surface area is 304 Å². The molecule has 3 heteroatoms. The first kappa shape index (κ1) is 39.8. The molecule has 1 aromatic carbocycles. The lowest BCUT2D eigenvalue weighted by Crippen LogP contribution is -2.04. The molecule has 0 aliphatic rings. The van der Waals surface area contributed by atoms with Crippen LogP contribution in [0.4, 0.5) is 0 Å². The molecule has 0 spiro atoms. The van der Waals surface area contributed by atoms with Crippen molar-refractivity contribution >= 4 is 16.8 Å². The molecule has 0 bridgehead atoms. The van der Waals surface area contributed by atoms with E-state index in [1.807, 2.05) is 0 Å². The van der Waals surface area contributed by atoms with Gasteiger partial charge in [0.25, 0.3) is 0 Å². The molecule has 3 nitrogen and oxygen atoms in total. The number of para-hydroxylation sites is 1. The first-order valence-corrected chi connectivity index (χ1v) is 13.5. The standard InChI is InChI=1S/C38H2.C11H8O3/c1-3-5-7-9-11-13-15-17-19-21-23-25-27-29-31-33-35-37-38-36-34-32-30-28-26-24-22-20-18-16-14-12-10-8-6-4-2;1-7(12)11-6-9(13)8-4-2-3-5-10(8)14-11/h1-2H;2-6H,1H3. The summed E-state index contributed by atoms with van der Waals surface area (Å²) in [4.78, 5) is 22.5. The largest absolute Gasteiger partial charge is 0.453 e. The van der Waals surface area contributed by atoms with E-state index >= 15 is 0 Å². The van der Waals surface area contributed by atoms with E-state index in [9.17, 15) is 9.59 Å². The summed E-state index contributed by atoms with van der Waals surface area (Å²) in [7, 11) is 0. The Bertz CT molecular complexity index is 2910. The molecule has 0 N–H and O–H groups in total. The third kappa shape index (κ3) is 22.3. The highest BCUT2D eigenvalue weighted by Crippen LogP contribution is 2.11. The van der Waals surface area contributed by atoms with Gasteiger partial charge in [-0.15, -0.1) is 12.8 Å². The van der Waals surface area contributed by atoms with Crippen LogP contribution in [0.5, 0.6) is 0 Å². The van der Waals surface area contributed by atoms with Crippen LogP contribution in [-0.2, 0) is 0 Å². The van der Waals surface area contributed by atoms with Crippen molar-refractivity contribution in [2.24, 2.45) is 0 Å². The van der Waals surface area contributed by atoms with Gasteiger partial charge in [0.1, 0.15) is 5.58 Å². The topological polar surface area (TPSA) is 47.3 Å². The van der Waals surface area contributed by atoms with Crippen molar-refractivity contribution in [3.8, 4) is 226 Å². The maximum Gasteiger partial charge on any atom is 0.195 e. The third-order valence-corrected chi connectivity index (χ3v) is 4.19. The maximum absolute atomic E-state index is 11.5. The summed E-state index contributed by atoms with van der Waals surface area (Å²) in [6.07, 6.45) is 9.85. The number of ketones is 1. The highest BCUT2D eigenvalue weighted by atomic mass is 16.3. The monoisotopic (exact) mass is 646 g/mol. The van der Waals surface area contributed by atoms with Crippen LogP contribution in [-0.4, -0.2) is 5.78 Å². The molecule has 1 heterocycles. The lowest BCUT2D eigenvalue weighted by atomic mass is 10.2. The number of hydrogen-bond acceptors (Lipinski definition) is 3. The number of rotatable bonds is 1. The maximum atomic E-state index is 11.5. The fourth-order valence-corrected chi connectivity index (χ4v) is 2.35. The summed E-state index contributed by atoms with van der Waals surface area (Å²) in [6, 6.07) is 8.08. The van der Waals surface area contributed by atoms with Gasteiger partial charge < -0.3 is 4.42 Å². The number of hydrogen-bond donors (Lipinski definition) is 0. The highest BCUT2D eigenvalue weighted by Gasteiger charge is 2.06. The van der Waals surface area contributed by atoms with Crippen molar-refractivity contribution in [3.63, 3.8) is 0 Å². The van der Waals surface area contributed by atoms with Crippen LogP contribution in [0, 0.1) is 226 Å². The molecule has 0 radical (unpaired) electrons. The van der Waals surface area contributed by atoms with Crippen molar-refractivity contribution in [2.45, 2.75) is 6.92 Å². The lowest BCUT2D eigenvalue weighted by molar-refractivity contribution is 0.0987. The third-order valence-electron chi connectivity index (χ3n) is 4.19. The van der Waals surface area contributed by atoms with E-state index in [2.05, 4.69) is 213 Å². The number of benzene rings is 1. The molecule has 2 rings (SSSR count). The lowest BCUT2D eigenvalue weighted by Gasteiger charge is -1.98. The van der Waals surface area contributed by atoms with Crippen LogP contribution in [0.25, 0.3) is 11.0 Å². The van der Waals surface area contributed by atoms with Gasteiger partial charge in [0, 0.05) is 131 Å². The highest BCUT2D eigenvalue weighted by molar-refractivity contribution is 5.92. The Balaban J connectivity index is 0.000000790. The predicted molar refractivity (Wildman–Crippen MR) is 202 cm³/mol. The second-order valence-electron chi connectivity index (χ2n) is 7.57. The number of fused-ring (bicyclic) bond motifs is 1. The van der Waals surface area contributed by atoms with E-state index in [4.69, 9.17) is 17.3 Å². The first-order valence-electron chi connectivity index (χ1n) is 13.5. The second-order valence-corrected chi connectivity index (χ2v) is 7.57. The van der Waals surface area contributed by atoms with Crippen LogP contribution in [0.15, 0.2) is 39.5 Å². The molecule has 1 aromatic heterocycles. The summed E-state index contributed by atoms with van der Waals surface area (Å²) in [5, 5.41) is 0.498. The zero-order chi connectivity index (χ0) is 37.6. The molecule has 2 aromatic rings. The first-order chi connectivity index (χ1) is 25.6. The van der Waals surface area contributed by atoms with E-state index in [1.165, 1.54) is 13.0 Å². The summed E-state index contributed by atoms with van der Waals surface area (Å²) in [5.74, 6) is 88.0. The Morgan fingerprint density at radius 1 is 0.442 bits per heavy atom. The van der Waals surface area contributed by atoms with Gasteiger partial charge in [0.2, 0.25) is 0 Å². The number of terminal acetylenes is 2. The quantitative estimate of drug-likeness (QED) is 0.353. The Morgan fingerprint density at radius 2 is 0.692 bits per heavy atom. The average Bonchev–Trinajstić information content (AvgIpc) is 3.15. The molecular weight excluding hydrogens is 637 g/mol. The second kappa shape index (κ2) is 29.5. The predicted octanol–water partition coefficient (Wildman–Crippen LogP) is 2.31. The van der Waals surface area contributed by atoms with Gasteiger partial charge in [0.15, 0.2) is 17.0 Å². The van der Waals surface area contributed by atoms with Crippen molar-refractivity contribution in [2.75, 3.05) is 0 Å². The molecule has 0 atom stereocenters. The minimum atomic E-state index is -0.243. The summed E-state index contributed by atoms with van der Waals surface area (Å²) in [6.45, 7) is 1.37. The van der Waals surface area contributed by atoms with Gasteiger partial charge in [-0.2, -0.15) is 0 Å². The van der Waals surface area contributed by atoms with Gasteiger partial charge in [-0.3, -0.25) is 9.59 Å². The van der Waals surface area contributed by atoms with Crippen molar-refractivity contribution in [1.82, 2.24) is 0 Å². The van der Waals surface area contributed by atoms with Crippen molar-refractivity contribution in [1.29, 1.82) is 0 Å². The molecule has 224 valence electrons. The SMILES string of the molecule is C#CC#CC#CC#CC#CC#CC#CC#CC#CC#CC#CC#CC#CC#CC#CC#CC#CC#CC#C.CC(=O)c1cc(=O)c2ccccc2o1. The molecule has 0 unspecified atom stereocenters. The van der Waals surface area contributed by atoms with E-state index in [-0.39, 0.29) is 17.0 Å². The van der Waals surface area contributed by atoms with Gasteiger partial charge in [-0.25, -0.2) is 0 Å². The van der Waals surface area contributed by atoms with E-state index < -0.39 is 0 Å². The summed E-state index contributed by atoms with van der Waals surface area (Å²) < 4.78 is 5.25. The Morgan fingerprint density at radius 3 is 0.942 bits per heavy atom. The normalized spacial score (nSPS) is 5.60. The van der Waals surface area contributed by atoms with Crippen LogP contribution in [0.2, 0.25) is 0 Å². The molecule has 0 amide bonds. The minimum absolute atomic E-state index is 0.105. The fourth-order valence-electron chi connectivity index (χ4n) is 2.35. The number of carbonyl (C=O) groups is 1. The van der Waals surface area contributed by atoms with Gasteiger partial charge in [-0.1, -0.05) is 12.1 Å². The smallest absolute Gasteiger partial charge is 0.195 e.